The standard InChI is InChI=1S/C17H29N3O2/c1-14-8-5-9-15(2)16(14)22-13-7-11-19-17(21)18-10-6-12-20(3)4/h5,8-9H,6-7,10-13H2,1-4H3,(H2,18,19,21). The Hall–Kier alpha value is -1.75. The average molecular weight is 307 g/mol. The number of amides is 2. The largest absolute Gasteiger partial charge is 0.493 e. The lowest BCUT2D eigenvalue weighted by molar-refractivity contribution is 0.238. The van der Waals surface area contributed by atoms with Crippen LogP contribution in [0.25, 0.3) is 0 Å². The van der Waals surface area contributed by atoms with E-state index in [0.717, 1.165) is 36.3 Å². The van der Waals surface area contributed by atoms with Gasteiger partial charge in [0.15, 0.2) is 0 Å². The Kier molecular flexibility index (Phi) is 8.36. The van der Waals surface area contributed by atoms with Crippen molar-refractivity contribution in [2.45, 2.75) is 26.7 Å². The molecule has 0 radical (unpaired) electrons. The number of carbonyl (C=O) groups is 1. The van der Waals surface area contributed by atoms with Crippen molar-refractivity contribution >= 4 is 6.03 Å². The van der Waals surface area contributed by atoms with E-state index in [4.69, 9.17) is 4.74 Å². The van der Waals surface area contributed by atoms with E-state index in [1.165, 1.54) is 0 Å². The van der Waals surface area contributed by atoms with Gasteiger partial charge in [0.1, 0.15) is 5.75 Å². The molecule has 0 heterocycles. The first-order valence-corrected chi connectivity index (χ1v) is 7.86. The van der Waals surface area contributed by atoms with Crippen molar-refractivity contribution in [1.29, 1.82) is 0 Å². The average Bonchev–Trinajstić information content (AvgIpc) is 2.46. The van der Waals surface area contributed by atoms with Gasteiger partial charge in [-0.1, -0.05) is 18.2 Å². The molecule has 0 aliphatic heterocycles. The molecule has 5 nitrogen and oxygen atoms in total. The molecule has 0 saturated carbocycles. The molecule has 1 aromatic rings. The van der Waals surface area contributed by atoms with E-state index < -0.39 is 0 Å². The molecule has 22 heavy (non-hydrogen) atoms. The Morgan fingerprint density at radius 2 is 1.68 bits per heavy atom. The SMILES string of the molecule is Cc1cccc(C)c1OCCCNC(=O)NCCCN(C)C. The van der Waals surface area contributed by atoms with E-state index in [-0.39, 0.29) is 6.03 Å². The normalized spacial score (nSPS) is 10.6. The molecule has 0 unspecified atom stereocenters. The maximum atomic E-state index is 11.6. The van der Waals surface area contributed by atoms with E-state index in [0.29, 0.717) is 19.7 Å². The highest BCUT2D eigenvalue weighted by Crippen LogP contribution is 2.22. The molecule has 2 N–H and O–H groups in total. The van der Waals surface area contributed by atoms with E-state index in [1.54, 1.807) is 0 Å². The summed E-state index contributed by atoms with van der Waals surface area (Å²) in [5.41, 5.74) is 2.29. The van der Waals surface area contributed by atoms with Crippen molar-refractivity contribution in [2.24, 2.45) is 0 Å². The van der Waals surface area contributed by atoms with Gasteiger partial charge in [-0.05, 0) is 58.5 Å². The Morgan fingerprint density at radius 3 is 2.27 bits per heavy atom. The lowest BCUT2D eigenvalue weighted by Gasteiger charge is -2.12. The molecule has 124 valence electrons. The zero-order valence-electron chi connectivity index (χ0n) is 14.2. The third-order valence-corrected chi connectivity index (χ3v) is 3.33. The number of hydrogen-bond donors (Lipinski definition) is 2. The Morgan fingerprint density at radius 1 is 1.09 bits per heavy atom. The molecule has 0 bridgehead atoms. The predicted octanol–water partition coefficient (Wildman–Crippen LogP) is 2.32. The number of rotatable bonds is 9. The van der Waals surface area contributed by atoms with Crippen LogP contribution in [-0.4, -0.2) is 51.3 Å². The Balaban J connectivity index is 2.09. The number of hydrogen-bond acceptors (Lipinski definition) is 3. The fourth-order valence-electron chi connectivity index (χ4n) is 2.13. The zero-order valence-corrected chi connectivity index (χ0v) is 14.2. The van der Waals surface area contributed by atoms with E-state index in [2.05, 4.69) is 15.5 Å². The summed E-state index contributed by atoms with van der Waals surface area (Å²) in [6.45, 7) is 6.98. The van der Waals surface area contributed by atoms with E-state index in [1.807, 2.05) is 46.1 Å². The van der Waals surface area contributed by atoms with Crippen LogP contribution in [0.2, 0.25) is 0 Å². The molecule has 0 aliphatic rings. The third-order valence-electron chi connectivity index (χ3n) is 3.33. The number of ether oxygens (including phenoxy) is 1. The number of aryl methyl sites for hydroxylation is 2. The second-order valence-electron chi connectivity index (χ2n) is 5.76. The summed E-state index contributed by atoms with van der Waals surface area (Å²) in [5.74, 6) is 0.954. The smallest absolute Gasteiger partial charge is 0.314 e. The minimum atomic E-state index is -0.106. The number of nitrogens with one attached hydrogen (secondary N) is 2. The van der Waals surface area contributed by atoms with Gasteiger partial charge in [-0.25, -0.2) is 4.79 Å². The topological polar surface area (TPSA) is 53.6 Å². The van der Waals surface area contributed by atoms with Gasteiger partial charge in [-0.15, -0.1) is 0 Å². The quantitative estimate of drug-likeness (QED) is 0.689. The minimum Gasteiger partial charge on any atom is -0.493 e. The van der Waals surface area contributed by atoms with Crippen LogP contribution in [0.4, 0.5) is 4.79 Å². The highest BCUT2D eigenvalue weighted by atomic mass is 16.5. The van der Waals surface area contributed by atoms with Crippen LogP contribution in [-0.2, 0) is 0 Å². The number of para-hydroxylation sites is 1. The first kappa shape index (κ1) is 18.3. The van der Waals surface area contributed by atoms with Crippen LogP contribution >= 0.6 is 0 Å². The number of nitrogens with zero attached hydrogens (tertiary/aromatic N) is 1. The van der Waals surface area contributed by atoms with Crippen molar-refractivity contribution in [3.8, 4) is 5.75 Å². The highest BCUT2D eigenvalue weighted by Gasteiger charge is 2.03. The van der Waals surface area contributed by atoms with E-state index >= 15 is 0 Å². The Bertz CT molecular complexity index is 441. The number of benzene rings is 1. The first-order valence-electron chi connectivity index (χ1n) is 7.86. The van der Waals surface area contributed by atoms with Crippen LogP contribution < -0.4 is 15.4 Å². The second kappa shape index (κ2) is 10.1. The summed E-state index contributed by atoms with van der Waals surface area (Å²) in [6.07, 6.45) is 1.75. The van der Waals surface area contributed by atoms with Crippen molar-refractivity contribution < 1.29 is 9.53 Å². The molecule has 1 aromatic carbocycles. The molecule has 0 aromatic heterocycles. The molecule has 1 rings (SSSR count). The van der Waals surface area contributed by atoms with Crippen molar-refractivity contribution in [2.75, 3.05) is 40.3 Å². The predicted molar refractivity (Wildman–Crippen MR) is 90.6 cm³/mol. The van der Waals surface area contributed by atoms with Crippen molar-refractivity contribution in [1.82, 2.24) is 15.5 Å². The fraction of sp³-hybridized carbons (Fsp3) is 0.588. The summed E-state index contributed by atoms with van der Waals surface area (Å²) in [7, 11) is 4.05. The van der Waals surface area contributed by atoms with Gasteiger partial charge in [-0.2, -0.15) is 0 Å². The van der Waals surface area contributed by atoms with Crippen LogP contribution in [0.1, 0.15) is 24.0 Å². The molecule has 2 amide bonds. The van der Waals surface area contributed by atoms with Crippen molar-refractivity contribution in [3.63, 3.8) is 0 Å². The van der Waals surface area contributed by atoms with Gasteiger partial charge in [0.2, 0.25) is 0 Å². The lowest BCUT2D eigenvalue weighted by Crippen LogP contribution is -2.37. The molecule has 0 atom stereocenters. The molecule has 0 aliphatic carbocycles. The Labute approximate surface area is 134 Å². The maximum Gasteiger partial charge on any atom is 0.314 e. The molecular weight excluding hydrogens is 278 g/mol. The van der Waals surface area contributed by atoms with Crippen LogP contribution in [0.3, 0.4) is 0 Å². The zero-order chi connectivity index (χ0) is 16.4. The third kappa shape index (κ3) is 7.31. The molecule has 0 spiro atoms. The van der Waals surface area contributed by atoms with Gasteiger partial charge < -0.3 is 20.3 Å². The second-order valence-corrected chi connectivity index (χ2v) is 5.76. The van der Waals surface area contributed by atoms with Crippen LogP contribution in [0.15, 0.2) is 18.2 Å². The van der Waals surface area contributed by atoms with Gasteiger partial charge in [0.05, 0.1) is 6.61 Å². The summed E-state index contributed by atoms with van der Waals surface area (Å²) >= 11 is 0. The van der Waals surface area contributed by atoms with Crippen LogP contribution in [0, 0.1) is 13.8 Å². The maximum absolute atomic E-state index is 11.6. The molecule has 5 heteroatoms. The molecule has 0 saturated heterocycles. The number of carbonyl (C=O) groups excluding carboxylic acids is 1. The molecule has 0 fully saturated rings. The summed E-state index contributed by atoms with van der Waals surface area (Å²) < 4.78 is 5.80. The van der Waals surface area contributed by atoms with Gasteiger partial charge in [0, 0.05) is 13.1 Å². The number of urea groups is 1. The van der Waals surface area contributed by atoms with Crippen LogP contribution in [0.5, 0.6) is 5.75 Å². The monoisotopic (exact) mass is 307 g/mol. The van der Waals surface area contributed by atoms with Gasteiger partial charge in [-0.3, -0.25) is 0 Å². The highest BCUT2D eigenvalue weighted by molar-refractivity contribution is 5.73. The summed E-state index contributed by atoms with van der Waals surface area (Å²) in [5, 5.41) is 5.69. The first-order chi connectivity index (χ1) is 10.5. The molecular formula is C17H29N3O2. The van der Waals surface area contributed by atoms with Gasteiger partial charge in [0.25, 0.3) is 0 Å². The lowest BCUT2D eigenvalue weighted by atomic mass is 10.1. The summed E-state index contributed by atoms with van der Waals surface area (Å²) in [6, 6.07) is 6.01. The minimum absolute atomic E-state index is 0.106. The van der Waals surface area contributed by atoms with Gasteiger partial charge >= 0.3 is 6.03 Å². The fourth-order valence-corrected chi connectivity index (χ4v) is 2.13. The van der Waals surface area contributed by atoms with Crippen molar-refractivity contribution in [3.05, 3.63) is 29.3 Å². The van der Waals surface area contributed by atoms with E-state index in [9.17, 15) is 4.79 Å². The summed E-state index contributed by atoms with van der Waals surface area (Å²) in [4.78, 5) is 13.7.